The second-order valence-electron chi connectivity index (χ2n) is 1.37. The summed E-state index contributed by atoms with van der Waals surface area (Å²) in [5, 5.41) is 0. The zero-order valence-corrected chi connectivity index (χ0v) is 5.54. The van der Waals surface area contributed by atoms with Crippen molar-refractivity contribution in [2.24, 2.45) is 0 Å². The summed E-state index contributed by atoms with van der Waals surface area (Å²) in [4.78, 5) is 30.5. The molecule has 0 rings (SSSR count). The van der Waals surface area contributed by atoms with Crippen molar-refractivity contribution in [2.45, 2.75) is 6.92 Å². The minimum atomic E-state index is -1.30. The Morgan fingerprint density at radius 2 is 1.60 bits per heavy atom. The molecule has 0 fully saturated rings. The van der Waals surface area contributed by atoms with Crippen molar-refractivity contribution in [3.05, 3.63) is 0 Å². The van der Waals surface area contributed by atoms with Gasteiger partial charge in [-0.1, -0.05) is 0 Å². The highest BCUT2D eigenvalue weighted by atomic mass is 16.6. The fourth-order valence-corrected chi connectivity index (χ4v) is 0.256. The quantitative estimate of drug-likeness (QED) is 0.255. The molecule has 0 aromatic heterocycles. The molecule has 0 aliphatic rings. The van der Waals surface area contributed by atoms with Crippen molar-refractivity contribution in [1.82, 2.24) is 0 Å². The number of hydrogen-bond donors (Lipinski definition) is 0. The largest absolute Gasteiger partial charge is 0.461 e. The number of rotatable bonds is 0. The van der Waals surface area contributed by atoms with Gasteiger partial charge in [0.25, 0.3) is 0 Å². The molecule has 0 aromatic carbocycles. The Labute approximate surface area is 56.9 Å². The zero-order chi connectivity index (χ0) is 8.15. The smallest absolute Gasteiger partial charge is 0.425 e. The summed E-state index contributed by atoms with van der Waals surface area (Å²) in [5.74, 6) is -3.32. The van der Waals surface area contributed by atoms with Crippen LogP contribution in [-0.4, -0.2) is 25.0 Å². The first-order chi connectivity index (χ1) is 4.57. The van der Waals surface area contributed by atoms with Gasteiger partial charge in [0.05, 0.1) is 7.11 Å². The van der Waals surface area contributed by atoms with Crippen molar-refractivity contribution in [3.63, 3.8) is 0 Å². The van der Waals surface area contributed by atoms with E-state index in [0.29, 0.717) is 0 Å². The Morgan fingerprint density at radius 1 is 1.10 bits per heavy atom. The van der Waals surface area contributed by atoms with E-state index in [9.17, 15) is 14.4 Å². The van der Waals surface area contributed by atoms with Gasteiger partial charge in [-0.2, -0.15) is 0 Å². The van der Waals surface area contributed by atoms with Gasteiger partial charge in [0.15, 0.2) is 0 Å². The van der Waals surface area contributed by atoms with Crippen molar-refractivity contribution in [1.29, 1.82) is 0 Å². The van der Waals surface area contributed by atoms with Crippen LogP contribution in [0.25, 0.3) is 0 Å². The molecule has 0 heterocycles. The van der Waals surface area contributed by atoms with Crippen LogP contribution in [0.1, 0.15) is 6.92 Å². The molecule has 5 heteroatoms. The Kier molecular flexibility index (Phi) is 3.10. The average molecular weight is 146 g/mol. The molecule has 0 saturated carbocycles. The van der Waals surface area contributed by atoms with Gasteiger partial charge in [0, 0.05) is 6.92 Å². The van der Waals surface area contributed by atoms with Crippen molar-refractivity contribution >= 4 is 17.9 Å². The van der Waals surface area contributed by atoms with Gasteiger partial charge in [-0.25, -0.2) is 9.59 Å². The molecule has 0 aromatic rings. The van der Waals surface area contributed by atoms with Crippen LogP contribution in [0, 0.1) is 0 Å². The van der Waals surface area contributed by atoms with Crippen LogP contribution in [0.3, 0.4) is 0 Å². The number of hydrogen-bond acceptors (Lipinski definition) is 5. The van der Waals surface area contributed by atoms with E-state index >= 15 is 0 Å². The summed E-state index contributed by atoms with van der Waals surface area (Å²) in [6.45, 7) is 1.01. The molecule has 0 atom stereocenters. The lowest BCUT2D eigenvalue weighted by molar-refractivity contribution is -0.171. The second-order valence-corrected chi connectivity index (χ2v) is 1.37. The summed E-state index contributed by atoms with van der Waals surface area (Å²) in [6.07, 6.45) is 0. The van der Waals surface area contributed by atoms with Crippen molar-refractivity contribution in [3.8, 4) is 0 Å². The molecule has 56 valence electrons. The molecule has 0 aliphatic heterocycles. The second kappa shape index (κ2) is 3.60. The summed E-state index contributed by atoms with van der Waals surface area (Å²) in [7, 11) is 1.02. The van der Waals surface area contributed by atoms with Crippen LogP contribution in [0.4, 0.5) is 0 Å². The van der Waals surface area contributed by atoms with E-state index in [2.05, 4.69) is 9.47 Å². The third kappa shape index (κ3) is 2.81. The van der Waals surface area contributed by atoms with Gasteiger partial charge in [0.1, 0.15) is 0 Å². The van der Waals surface area contributed by atoms with Crippen LogP contribution < -0.4 is 0 Å². The molecule has 5 nitrogen and oxygen atoms in total. The van der Waals surface area contributed by atoms with Crippen LogP contribution >= 0.6 is 0 Å². The van der Waals surface area contributed by atoms with Gasteiger partial charge in [0.2, 0.25) is 0 Å². The Bertz CT molecular complexity index is 171. The Morgan fingerprint density at radius 3 is 1.90 bits per heavy atom. The first kappa shape index (κ1) is 8.61. The topological polar surface area (TPSA) is 69.7 Å². The van der Waals surface area contributed by atoms with E-state index in [0.717, 1.165) is 14.0 Å². The molecule has 0 aliphatic carbocycles. The van der Waals surface area contributed by atoms with Crippen LogP contribution in [0.5, 0.6) is 0 Å². The van der Waals surface area contributed by atoms with Crippen LogP contribution in [0.15, 0.2) is 0 Å². The van der Waals surface area contributed by atoms with E-state index in [-0.39, 0.29) is 0 Å². The number of carbonyl (C=O) groups is 3. The molecule has 0 radical (unpaired) electrons. The SMILES string of the molecule is COC(=O)C(=O)OC(C)=O. The molecule has 0 amide bonds. The number of esters is 3. The third-order valence-corrected chi connectivity index (χ3v) is 0.588. The summed E-state index contributed by atoms with van der Waals surface area (Å²) in [5.41, 5.74) is 0. The van der Waals surface area contributed by atoms with E-state index in [1.807, 2.05) is 0 Å². The monoisotopic (exact) mass is 146 g/mol. The maximum absolute atomic E-state index is 10.3. The lowest BCUT2D eigenvalue weighted by Gasteiger charge is -1.95. The molecule has 0 unspecified atom stereocenters. The molecular formula is C5H6O5. The van der Waals surface area contributed by atoms with Gasteiger partial charge in [-0.3, -0.25) is 4.79 Å². The van der Waals surface area contributed by atoms with E-state index < -0.39 is 17.9 Å². The fourth-order valence-electron chi connectivity index (χ4n) is 0.256. The summed E-state index contributed by atoms with van der Waals surface area (Å²) < 4.78 is 7.80. The van der Waals surface area contributed by atoms with Gasteiger partial charge in [-0.15, -0.1) is 0 Å². The lowest BCUT2D eigenvalue weighted by atomic mass is 10.7. The minimum Gasteiger partial charge on any atom is -0.461 e. The van der Waals surface area contributed by atoms with E-state index in [1.54, 1.807) is 0 Å². The van der Waals surface area contributed by atoms with Gasteiger partial charge in [-0.05, 0) is 0 Å². The number of ether oxygens (including phenoxy) is 2. The first-order valence-electron chi connectivity index (χ1n) is 2.38. The average Bonchev–Trinajstić information content (AvgIpc) is 1.85. The number of carbonyl (C=O) groups excluding carboxylic acids is 3. The maximum Gasteiger partial charge on any atom is 0.425 e. The van der Waals surface area contributed by atoms with Crippen LogP contribution in [0.2, 0.25) is 0 Å². The predicted octanol–water partition coefficient (Wildman–Crippen LogP) is -0.751. The van der Waals surface area contributed by atoms with Crippen molar-refractivity contribution < 1.29 is 23.9 Å². The predicted molar refractivity (Wildman–Crippen MR) is 28.8 cm³/mol. The molecule has 0 N–H and O–H groups in total. The highest BCUT2D eigenvalue weighted by Gasteiger charge is 2.16. The first-order valence-corrected chi connectivity index (χ1v) is 2.38. The lowest BCUT2D eigenvalue weighted by Crippen LogP contribution is -2.20. The minimum absolute atomic E-state index is 0.838. The molecule has 0 spiro atoms. The van der Waals surface area contributed by atoms with Crippen LogP contribution in [-0.2, 0) is 23.9 Å². The molecule has 10 heavy (non-hydrogen) atoms. The highest BCUT2D eigenvalue weighted by molar-refractivity contribution is 6.31. The van der Waals surface area contributed by atoms with Gasteiger partial charge >= 0.3 is 17.9 Å². The summed E-state index contributed by atoms with van der Waals surface area (Å²) in [6, 6.07) is 0. The van der Waals surface area contributed by atoms with Gasteiger partial charge < -0.3 is 9.47 Å². The normalized spacial score (nSPS) is 8.20. The van der Waals surface area contributed by atoms with Crippen molar-refractivity contribution in [2.75, 3.05) is 7.11 Å². The summed E-state index contributed by atoms with van der Waals surface area (Å²) >= 11 is 0. The highest BCUT2D eigenvalue weighted by Crippen LogP contribution is 1.82. The van der Waals surface area contributed by atoms with E-state index in [4.69, 9.17) is 0 Å². The maximum atomic E-state index is 10.3. The Balaban J connectivity index is 3.86. The number of methoxy groups -OCH3 is 1. The fraction of sp³-hybridized carbons (Fsp3) is 0.400. The Hall–Kier alpha value is -1.39. The molecule has 0 bridgehead atoms. The zero-order valence-electron chi connectivity index (χ0n) is 5.54. The molecular weight excluding hydrogens is 140 g/mol. The molecule has 0 saturated heterocycles. The van der Waals surface area contributed by atoms with E-state index in [1.165, 1.54) is 0 Å². The standard InChI is InChI=1S/C5H6O5/c1-3(6)10-5(8)4(7)9-2/h1-2H3. The third-order valence-electron chi connectivity index (χ3n) is 0.588.